The zero-order chi connectivity index (χ0) is 14.5. The van der Waals surface area contributed by atoms with Crippen LogP contribution in [-0.4, -0.2) is 17.8 Å². The standard InChI is InChI=1S/C15H13Cl2FO2/c16-11-3-5-14(6-4-11)20-9-13(19)7-10-1-2-12(17)8-15(10)18/h1-6,8,13,19H,7,9H2. The Morgan fingerprint density at radius 1 is 1.05 bits per heavy atom. The van der Waals surface area contributed by atoms with Gasteiger partial charge in [0.25, 0.3) is 0 Å². The third-order valence-electron chi connectivity index (χ3n) is 2.73. The third-order valence-corrected chi connectivity index (χ3v) is 3.21. The predicted octanol–water partition coefficient (Wildman–Crippen LogP) is 4.11. The van der Waals surface area contributed by atoms with Crippen molar-refractivity contribution in [3.05, 3.63) is 63.9 Å². The lowest BCUT2D eigenvalue weighted by Crippen LogP contribution is -2.20. The Morgan fingerprint density at radius 2 is 1.70 bits per heavy atom. The van der Waals surface area contributed by atoms with Crippen molar-refractivity contribution in [2.24, 2.45) is 0 Å². The van der Waals surface area contributed by atoms with Crippen LogP contribution < -0.4 is 4.74 Å². The summed E-state index contributed by atoms with van der Waals surface area (Å²) in [4.78, 5) is 0. The third kappa shape index (κ3) is 4.37. The molecule has 0 saturated carbocycles. The summed E-state index contributed by atoms with van der Waals surface area (Å²) >= 11 is 11.4. The molecule has 1 N–H and O–H groups in total. The van der Waals surface area contributed by atoms with Crippen molar-refractivity contribution in [3.8, 4) is 5.75 Å². The fourth-order valence-electron chi connectivity index (χ4n) is 1.72. The molecule has 0 aromatic heterocycles. The molecule has 106 valence electrons. The Hall–Kier alpha value is -1.29. The van der Waals surface area contributed by atoms with Gasteiger partial charge < -0.3 is 9.84 Å². The number of hydrogen-bond donors (Lipinski definition) is 1. The van der Waals surface area contributed by atoms with Crippen LogP contribution in [0.1, 0.15) is 5.56 Å². The number of hydrogen-bond acceptors (Lipinski definition) is 2. The number of halogens is 3. The van der Waals surface area contributed by atoms with Gasteiger partial charge in [0, 0.05) is 16.5 Å². The van der Waals surface area contributed by atoms with E-state index >= 15 is 0 Å². The van der Waals surface area contributed by atoms with E-state index in [2.05, 4.69) is 0 Å². The van der Waals surface area contributed by atoms with Crippen molar-refractivity contribution >= 4 is 23.2 Å². The van der Waals surface area contributed by atoms with E-state index in [-0.39, 0.29) is 13.0 Å². The molecule has 0 spiro atoms. The van der Waals surface area contributed by atoms with Gasteiger partial charge in [0.1, 0.15) is 18.2 Å². The molecule has 5 heteroatoms. The highest BCUT2D eigenvalue weighted by Crippen LogP contribution is 2.18. The van der Waals surface area contributed by atoms with Crippen molar-refractivity contribution < 1.29 is 14.2 Å². The van der Waals surface area contributed by atoms with Crippen molar-refractivity contribution in [2.45, 2.75) is 12.5 Å². The van der Waals surface area contributed by atoms with E-state index in [4.69, 9.17) is 27.9 Å². The summed E-state index contributed by atoms with van der Waals surface area (Å²) < 4.78 is 19.0. The van der Waals surface area contributed by atoms with Crippen molar-refractivity contribution in [3.63, 3.8) is 0 Å². The number of rotatable bonds is 5. The molecule has 0 fully saturated rings. The van der Waals surface area contributed by atoms with Gasteiger partial charge in [-0.05, 0) is 42.0 Å². The average molecular weight is 315 g/mol. The second kappa shape index (κ2) is 6.93. The molecule has 0 heterocycles. The highest BCUT2D eigenvalue weighted by atomic mass is 35.5. The van der Waals surface area contributed by atoms with Crippen molar-refractivity contribution in [1.82, 2.24) is 0 Å². The molecule has 2 aromatic carbocycles. The van der Waals surface area contributed by atoms with Crippen LogP contribution in [0.2, 0.25) is 10.0 Å². The zero-order valence-electron chi connectivity index (χ0n) is 10.5. The van der Waals surface area contributed by atoms with E-state index in [1.54, 1.807) is 36.4 Å². The van der Waals surface area contributed by atoms with Crippen LogP contribution in [0.5, 0.6) is 5.75 Å². The maximum atomic E-state index is 13.6. The Bertz CT molecular complexity index is 573. The summed E-state index contributed by atoms with van der Waals surface area (Å²) in [6.45, 7) is 0.0731. The van der Waals surface area contributed by atoms with Gasteiger partial charge in [0.2, 0.25) is 0 Å². The Balaban J connectivity index is 1.89. The van der Waals surface area contributed by atoms with Crippen LogP contribution >= 0.6 is 23.2 Å². The average Bonchev–Trinajstić information content (AvgIpc) is 2.41. The molecule has 0 aliphatic rings. The van der Waals surface area contributed by atoms with Gasteiger partial charge in [0.15, 0.2) is 0 Å². The fraction of sp³-hybridized carbons (Fsp3) is 0.200. The molecule has 0 radical (unpaired) electrons. The predicted molar refractivity (Wildman–Crippen MR) is 78.1 cm³/mol. The van der Waals surface area contributed by atoms with Gasteiger partial charge in [-0.25, -0.2) is 4.39 Å². The van der Waals surface area contributed by atoms with E-state index < -0.39 is 11.9 Å². The minimum atomic E-state index is -0.804. The van der Waals surface area contributed by atoms with Crippen molar-refractivity contribution in [1.29, 1.82) is 0 Å². The van der Waals surface area contributed by atoms with E-state index in [9.17, 15) is 9.50 Å². The highest BCUT2D eigenvalue weighted by Gasteiger charge is 2.11. The zero-order valence-corrected chi connectivity index (χ0v) is 12.0. The summed E-state index contributed by atoms with van der Waals surface area (Å²) in [5.41, 5.74) is 0.404. The van der Waals surface area contributed by atoms with Gasteiger partial charge in [-0.2, -0.15) is 0 Å². The second-order valence-corrected chi connectivity index (χ2v) is 5.23. The number of benzene rings is 2. The molecule has 1 unspecified atom stereocenters. The molecule has 0 saturated heterocycles. The van der Waals surface area contributed by atoms with Crippen LogP contribution in [-0.2, 0) is 6.42 Å². The molecule has 0 aliphatic heterocycles. The monoisotopic (exact) mass is 314 g/mol. The molecule has 0 bridgehead atoms. The summed E-state index contributed by atoms with van der Waals surface area (Å²) in [5, 5.41) is 10.8. The van der Waals surface area contributed by atoms with Gasteiger partial charge >= 0.3 is 0 Å². The molecule has 0 amide bonds. The lowest BCUT2D eigenvalue weighted by atomic mass is 10.1. The smallest absolute Gasteiger partial charge is 0.127 e. The lowest BCUT2D eigenvalue weighted by Gasteiger charge is -2.13. The summed E-state index contributed by atoms with van der Waals surface area (Å²) in [7, 11) is 0. The van der Waals surface area contributed by atoms with Gasteiger partial charge in [0.05, 0.1) is 6.10 Å². The van der Waals surface area contributed by atoms with Gasteiger partial charge in [-0.1, -0.05) is 29.3 Å². The second-order valence-electron chi connectivity index (χ2n) is 4.36. The summed E-state index contributed by atoms with van der Waals surface area (Å²) in [6, 6.07) is 11.2. The Kier molecular flexibility index (Phi) is 5.24. The molecule has 2 rings (SSSR count). The van der Waals surface area contributed by atoms with Crippen LogP contribution in [0.15, 0.2) is 42.5 Å². The summed E-state index contributed by atoms with van der Waals surface area (Å²) in [5.74, 6) is 0.174. The highest BCUT2D eigenvalue weighted by molar-refractivity contribution is 6.30. The van der Waals surface area contributed by atoms with Crippen LogP contribution in [0.25, 0.3) is 0 Å². The van der Waals surface area contributed by atoms with E-state index in [1.807, 2.05) is 0 Å². The molecule has 1 atom stereocenters. The Labute approximate surface area is 126 Å². The molecule has 2 nitrogen and oxygen atoms in total. The van der Waals surface area contributed by atoms with E-state index in [0.717, 1.165) is 0 Å². The maximum absolute atomic E-state index is 13.6. The molecule has 2 aromatic rings. The first-order chi connectivity index (χ1) is 9.54. The first-order valence-electron chi connectivity index (χ1n) is 6.05. The minimum absolute atomic E-state index is 0.0731. The normalized spacial score (nSPS) is 12.2. The lowest BCUT2D eigenvalue weighted by molar-refractivity contribution is 0.107. The van der Waals surface area contributed by atoms with Crippen LogP contribution in [0.3, 0.4) is 0 Å². The quantitative estimate of drug-likeness (QED) is 0.899. The SMILES string of the molecule is OC(COc1ccc(Cl)cc1)Cc1ccc(Cl)cc1F. The Morgan fingerprint density at radius 3 is 2.35 bits per heavy atom. The molecule has 0 aliphatic carbocycles. The van der Waals surface area contributed by atoms with Gasteiger partial charge in [-0.3, -0.25) is 0 Å². The maximum Gasteiger partial charge on any atom is 0.127 e. The first kappa shape index (κ1) is 15.1. The molecular formula is C15H13Cl2FO2. The summed E-state index contributed by atoms with van der Waals surface area (Å²) in [6.07, 6.45) is -0.641. The van der Waals surface area contributed by atoms with Crippen molar-refractivity contribution in [2.75, 3.05) is 6.61 Å². The van der Waals surface area contributed by atoms with Crippen LogP contribution in [0.4, 0.5) is 4.39 Å². The first-order valence-corrected chi connectivity index (χ1v) is 6.80. The van der Waals surface area contributed by atoms with E-state index in [1.165, 1.54) is 6.07 Å². The largest absolute Gasteiger partial charge is 0.491 e. The van der Waals surface area contributed by atoms with Crippen LogP contribution in [0, 0.1) is 5.82 Å². The molecular weight excluding hydrogens is 302 g/mol. The van der Waals surface area contributed by atoms with E-state index in [0.29, 0.717) is 21.4 Å². The fourth-order valence-corrected chi connectivity index (χ4v) is 2.01. The number of ether oxygens (including phenoxy) is 1. The number of aliphatic hydroxyl groups excluding tert-OH is 1. The minimum Gasteiger partial charge on any atom is -0.491 e. The topological polar surface area (TPSA) is 29.5 Å². The van der Waals surface area contributed by atoms with Gasteiger partial charge in [-0.15, -0.1) is 0 Å². The number of aliphatic hydroxyl groups is 1. The molecule has 20 heavy (non-hydrogen) atoms.